The van der Waals surface area contributed by atoms with Crippen LogP contribution in [0.3, 0.4) is 0 Å². The molecule has 0 aromatic carbocycles. The van der Waals surface area contributed by atoms with Gasteiger partial charge < -0.3 is 5.32 Å². The van der Waals surface area contributed by atoms with Crippen molar-refractivity contribution in [2.24, 2.45) is 5.92 Å². The van der Waals surface area contributed by atoms with Crippen molar-refractivity contribution in [2.45, 2.75) is 46.1 Å². The van der Waals surface area contributed by atoms with E-state index in [1.165, 1.54) is 30.4 Å². The van der Waals surface area contributed by atoms with Crippen LogP contribution in [0.15, 0.2) is 18.5 Å². The van der Waals surface area contributed by atoms with E-state index in [0.29, 0.717) is 6.04 Å². The highest BCUT2D eigenvalue weighted by molar-refractivity contribution is 5.19. The van der Waals surface area contributed by atoms with Crippen molar-refractivity contribution < 1.29 is 0 Å². The number of hydrogen-bond donors (Lipinski definition) is 1. The molecule has 2 nitrogen and oxygen atoms in total. The van der Waals surface area contributed by atoms with Gasteiger partial charge in [0.2, 0.25) is 0 Å². The van der Waals surface area contributed by atoms with E-state index in [1.54, 1.807) is 0 Å². The average molecular weight is 220 g/mol. The average Bonchev–Trinajstić information content (AvgIpc) is 2.24. The van der Waals surface area contributed by atoms with Crippen LogP contribution in [0.2, 0.25) is 0 Å². The first-order valence-electron chi connectivity index (χ1n) is 6.22. The molecule has 1 rings (SSSR count). The summed E-state index contributed by atoms with van der Waals surface area (Å²) in [5.41, 5.74) is 2.55. The van der Waals surface area contributed by atoms with E-state index in [2.05, 4.69) is 37.1 Å². The first kappa shape index (κ1) is 13.2. The van der Waals surface area contributed by atoms with Gasteiger partial charge in [0.1, 0.15) is 0 Å². The summed E-state index contributed by atoms with van der Waals surface area (Å²) in [6.07, 6.45) is 7.65. The number of rotatable bonds is 6. The molecule has 1 N–H and O–H groups in total. The largest absolute Gasteiger partial charge is 0.313 e. The van der Waals surface area contributed by atoms with Gasteiger partial charge in [-0.1, -0.05) is 32.8 Å². The molecule has 0 aliphatic heterocycles. The third kappa shape index (κ3) is 4.31. The minimum absolute atomic E-state index is 0.450. The van der Waals surface area contributed by atoms with Gasteiger partial charge in [0.25, 0.3) is 0 Å². The second-order valence-corrected chi connectivity index (χ2v) is 4.96. The van der Waals surface area contributed by atoms with Gasteiger partial charge in [-0.25, -0.2) is 0 Å². The Kier molecular flexibility index (Phi) is 5.47. The Morgan fingerprint density at radius 3 is 2.56 bits per heavy atom. The second kappa shape index (κ2) is 6.64. The fourth-order valence-corrected chi connectivity index (χ4v) is 1.98. The highest BCUT2D eigenvalue weighted by atomic mass is 14.9. The molecule has 1 aromatic heterocycles. The van der Waals surface area contributed by atoms with E-state index >= 15 is 0 Å². The van der Waals surface area contributed by atoms with E-state index in [1.807, 2.05) is 19.4 Å². The van der Waals surface area contributed by atoms with Crippen molar-refractivity contribution in [3.8, 4) is 0 Å². The molecule has 16 heavy (non-hydrogen) atoms. The summed E-state index contributed by atoms with van der Waals surface area (Å²) in [6, 6.07) is 2.68. The topological polar surface area (TPSA) is 24.9 Å². The molecule has 90 valence electrons. The summed E-state index contributed by atoms with van der Waals surface area (Å²) in [6.45, 7) is 6.66. The summed E-state index contributed by atoms with van der Waals surface area (Å²) in [5.74, 6) is 0.799. The Labute approximate surface area is 99.5 Å². The molecule has 0 amide bonds. The van der Waals surface area contributed by atoms with E-state index in [4.69, 9.17) is 0 Å². The molecule has 0 spiro atoms. The fraction of sp³-hybridized carbons (Fsp3) is 0.643. The van der Waals surface area contributed by atoms with Gasteiger partial charge in [-0.15, -0.1) is 0 Å². The van der Waals surface area contributed by atoms with Crippen LogP contribution in [0.5, 0.6) is 0 Å². The van der Waals surface area contributed by atoms with Crippen molar-refractivity contribution in [1.82, 2.24) is 10.3 Å². The number of aromatic nitrogens is 1. The molecular weight excluding hydrogens is 196 g/mol. The van der Waals surface area contributed by atoms with Gasteiger partial charge in [0, 0.05) is 18.4 Å². The lowest BCUT2D eigenvalue weighted by Crippen LogP contribution is -2.16. The van der Waals surface area contributed by atoms with Crippen LogP contribution in [0.1, 0.15) is 50.3 Å². The van der Waals surface area contributed by atoms with Crippen LogP contribution in [0.4, 0.5) is 0 Å². The normalized spacial score (nSPS) is 13.1. The zero-order valence-electron chi connectivity index (χ0n) is 11.0. The lowest BCUT2D eigenvalue weighted by atomic mass is 9.98. The van der Waals surface area contributed by atoms with Crippen LogP contribution in [-0.4, -0.2) is 12.0 Å². The lowest BCUT2D eigenvalue weighted by Gasteiger charge is -2.17. The zero-order chi connectivity index (χ0) is 12.0. The third-order valence-corrected chi connectivity index (χ3v) is 2.92. The summed E-state index contributed by atoms with van der Waals surface area (Å²) < 4.78 is 0. The van der Waals surface area contributed by atoms with Crippen molar-refractivity contribution in [1.29, 1.82) is 0 Å². The predicted molar refractivity (Wildman–Crippen MR) is 69.5 cm³/mol. The van der Waals surface area contributed by atoms with E-state index < -0.39 is 0 Å². The van der Waals surface area contributed by atoms with Gasteiger partial charge in [-0.3, -0.25) is 4.98 Å². The molecule has 0 aliphatic carbocycles. The van der Waals surface area contributed by atoms with Crippen LogP contribution in [0.25, 0.3) is 0 Å². The Hall–Kier alpha value is -0.890. The Morgan fingerprint density at radius 1 is 1.25 bits per heavy atom. The minimum Gasteiger partial charge on any atom is -0.313 e. The van der Waals surface area contributed by atoms with Crippen LogP contribution in [-0.2, 0) is 0 Å². The molecule has 0 bridgehead atoms. The molecule has 2 heteroatoms. The number of pyridine rings is 1. The monoisotopic (exact) mass is 220 g/mol. The maximum absolute atomic E-state index is 4.26. The molecule has 1 aromatic rings. The molecule has 0 aliphatic rings. The predicted octanol–water partition coefficient (Wildman–Crippen LogP) is 3.48. The van der Waals surface area contributed by atoms with Crippen LogP contribution < -0.4 is 5.32 Å². The molecule has 0 fully saturated rings. The molecule has 1 atom stereocenters. The number of hydrogen-bond acceptors (Lipinski definition) is 2. The van der Waals surface area contributed by atoms with Gasteiger partial charge in [-0.2, -0.15) is 0 Å². The molecule has 1 unspecified atom stereocenters. The lowest BCUT2D eigenvalue weighted by molar-refractivity contribution is 0.470. The number of nitrogens with zero attached hydrogens (tertiary/aromatic N) is 1. The van der Waals surface area contributed by atoms with Crippen LogP contribution in [0, 0.1) is 12.8 Å². The van der Waals surface area contributed by atoms with Crippen molar-refractivity contribution in [3.05, 3.63) is 29.6 Å². The van der Waals surface area contributed by atoms with Gasteiger partial charge in [-0.05, 0) is 37.4 Å². The first-order chi connectivity index (χ1) is 7.63. The summed E-state index contributed by atoms with van der Waals surface area (Å²) in [5, 5.41) is 3.38. The van der Waals surface area contributed by atoms with Crippen molar-refractivity contribution in [2.75, 3.05) is 7.05 Å². The Morgan fingerprint density at radius 2 is 2.00 bits per heavy atom. The zero-order valence-corrected chi connectivity index (χ0v) is 11.0. The summed E-state index contributed by atoms with van der Waals surface area (Å²) >= 11 is 0. The molecule has 0 saturated heterocycles. The van der Waals surface area contributed by atoms with E-state index in [9.17, 15) is 0 Å². The van der Waals surface area contributed by atoms with Crippen LogP contribution >= 0.6 is 0 Å². The summed E-state index contributed by atoms with van der Waals surface area (Å²) in [4.78, 5) is 4.26. The number of nitrogens with one attached hydrogen (secondary N) is 1. The highest BCUT2D eigenvalue weighted by Crippen LogP contribution is 2.20. The fourth-order valence-electron chi connectivity index (χ4n) is 1.98. The first-order valence-corrected chi connectivity index (χ1v) is 6.22. The Balaban J connectivity index is 2.53. The SMILES string of the molecule is CNC(CCCC(C)C)c1cncc(C)c1. The molecular formula is C14H24N2. The molecule has 0 radical (unpaired) electrons. The third-order valence-electron chi connectivity index (χ3n) is 2.92. The van der Waals surface area contributed by atoms with Crippen molar-refractivity contribution >= 4 is 0 Å². The van der Waals surface area contributed by atoms with Gasteiger partial charge >= 0.3 is 0 Å². The maximum atomic E-state index is 4.26. The van der Waals surface area contributed by atoms with Gasteiger partial charge in [0.05, 0.1) is 0 Å². The van der Waals surface area contributed by atoms with Crippen molar-refractivity contribution in [3.63, 3.8) is 0 Å². The summed E-state index contributed by atoms with van der Waals surface area (Å²) in [7, 11) is 2.03. The molecule has 0 saturated carbocycles. The maximum Gasteiger partial charge on any atom is 0.0332 e. The number of aryl methyl sites for hydroxylation is 1. The smallest absolute Gasteiger partial charge is 0.0332 e. The Bertz CT molecular complexity index is 307. The minimum atomic E-state index is 0.450. The standard InChI is InChI=1S/C14H24N2/c1-11(2)6-5-7-14(15-4)13-8-12(3)9-16-10-13/h8-11,14-15H,5-7H2,1-4H3. The van der Waals surface area contributed by atoms with E-state index in [-0.39, 0.29) is 0 Å². The molecule has 1 heterocycles. The van der Waals surface area contributed by atoms with E-state index in [0.717, 1.165) is 5.92 Å². The highest BCUT2D eigenvalue weighted by Gasteiger charge is 2.09. The van der Waals surface area contributed by atoms with Gasteiger partial charge in [0.15, 0.2) is 0 Å². The second-order valence-electron chi connectivity index (χ2n) is 4.96. The quantitative estimate of drug-likeness (QED) is 0.794.